The summed E-state index contributed by atoms with van der Waals surface area (Å²) >= 11 is 0. The summed E-state index contributed by atoms with van der Waals surface area (Å²) in [4.78, 5) is 2.05. The van der Waals surface area contributed by atoms with Crippen molar-refractivity contribution in [1.82, 2.24) is 0 Å². The van der Waals surface area contributed by atoms with E-state index >= 15 is 0 Å². The molecule has 2 N–H and O–H groups in total. The topological polar surface area (TPSA) is 38.5 Å². The third-order valence-corrected chi connectivity index (χ3v) is 3.04. The first-order valence-corrected chi connectivity index (χ1v) is 6.44. The van der Waals surface area contributed by atoms with Gasteiger partial charge in [-0.05, 0) is 38.4 Å². The summed E-state index contributed by atoms with van der Waals surface area (Å²) in [7, 11) is 1.67. The number of likely N-dealkylation sites (N-methyl/N-ethyl adjacent to an activating group) is 1. The molecule has 0 heterocycles. The Hall–Kier alpha value is -1.13. The van der Waals surface area contributed by atoms with Crippen molar-refractivity contribution >= 4 is 5.69 Å². The molecule has 1 unspecified atom stereocenters. The molecule has 0 spiro atoms. The number of hydrogen-bond acceptors (Lipinski definition) is 3. The predicted molar refractivity (Wildman–Crippen MR) is 73.4 cm³/mol. The Morgan fingerprint density at radius 1 is 1.39 bits per heavy atom. The van der Waals surface area contributed by atoms with Crippen LogP contribution in [0.15, 0.2) is 24.3 Å². The van der Waals surface area contributed by atoms with Crippen LogP contribution in [-0.2, 0) is 4.74 Å². The van der Waals surface area contributed by atoms with Gasteiger partial charge in [0.2, 0.25) is 0 Å². The summed E-state index contributed by atoms with van der Waals surface area (Å²) < 4.78 is 19.1. The highest BCUT2D eigenvalue weighted by molar-refractivity contribution is 5.48. The van der Waals surface area contributed by atoms with E-state index < -0.39 is 0 Å². The smallest absolute Gasteiger partial charge is 0.146 e. The quantitative estimate of drug-likeness (QED) is 0.774. The Labute approximate surface area is 109 Å². The largest absolute Gasteiger partial charge is 0.383 e. The molecule has 0 saturated heterocycles. The maximum absolute atomic E-state index is 13.8. The van der Waals surface area contributed by atoms with Gasteiger partial charge in [0, 0.05) is 13.7 Å². The Bertz CT molecular complexity index is 346. The minimum Gasteiger partial charge on any atom is -0.383 e. The molecule has 0 aliphatic rings. The predicted octanol–water partition coefficient (Wildman–Crippen LogP) is 2.41. The number of para-hydroxylation sites is 1. The van der Waals surface area contributed by atoms with E-state index in [9.17, 15) is 4.39 Å². The normalized spacial score (nSPS) is 12.4. The van der Waals surface area contributed by atoms with E-state index in [0.29, 0.717) is 18.8 Å². The molecule has 0 aliphatic heterocycles. The van der Waals surface area contributed by atoms with Crippen LogP contribution in [0.25, 0.3) is 0 Å². The van der Waals surface area contributed by atoms with Gasteiger partial charge in [-0.3, -0.25) is 0 Å². The van der Waals surface area contributed by atoms with E-state index in [1.165, 1.54) is 6.07 Å². The van der Waals surface area contributed by atoms with Gasteiger partial charge in [0.25, 0.3) is 0 Å². The van der Waals surface area contributed by atoms with Gasteiger partial charge in [-0.1, -0.05) is 12.1 Å². The molecule has 0 fully saturated rings. The van der Waals surface area contributed by atoms with E-state index in [2.05, 4.69) is 4.90 Å². The van der Waals surface area contributed by atoms with Crippen LogP contribution in [0.1, 0.15) is 19.8 Å². The van der Waals surface area contributed by atoms with Gasteiger partial charge in [-0.2, -0.15) is 0 Å². The highest BCUT2D eigenvalue weighted by atomic mass is 19.1. The molecule has 4 heteroatoms. The molecule has 1 atom stereocenters. The van der Waals surface area contributed by atoms with Gasteiger partial charge in [0.05, 0.1) is 18.3 Å². The van der Waals surface area contributed by atoms with Crippen molar-refractivity contribution in [1.29, 1.82) is 0 Å². The van der Waals surface area contributed by atoms with Gasteiger partial charge in [-0.15, -0.1) is 0 Å². The van der Waals surface area contributed by atoms with Crippen molar-refractivity contribution < 1.29 is 9.13 Å². The first-order valence-electron chi connectivity index (χ1n) is 6.44. The zero-order valence-electron chi connectivity index (χ0n) is 11.2. The summed E-state index contributed by atoms with van der Waals surface area (Å²) in [5.41, 5.74) is 6.19. The summed E-state index contributed by atoms with van der Waals surface area (Å²) in [6, 6.07) is 7.03. The van der Waals surface area contributed by atoms with E-state index in [4.69, 9.17) is 10.5 Å². The standard InChI is InChI=1S/C14H23FN2O/c1-3-17(12(11-18-2)7-6-10-16)14-9-5-4-8-13(14)15/h4-5,8-9,12H,3,6-7,10-11,16H2,1-2H3. The second kappa shape index (κ2) is 8.06. The SMILES string of the molecule is CCN(c1ccccc1F)C(CCCN)COC. The zero-order chi connectivity index (χ0) is 13.4. The molecule has 1 aromatic carbocycles. The highest BCUT2D eigenvalue weighted by Gasteiger charge is 2.19. The molecule has 0 amide bonds. The van der Waals surface area contributed by atoms with Crippen LogP contribution in [-0.4, -0.2) is 32.8 Å². The minimum absolute atomic E-state index is 0.167. The molecule has 0 bridgehead atoms. The molecular formula is C14H23FN2O. The van der Waals surface area contributed by atoms with Crippen LogP contribution < -0.4 is 10.6 Å². The lowest BCUT2D eigenvalue weighted by atomic mass is 10.1. The van der Waals surface area contributed by atoms with Crippen LogP contribution in [0.5, 0.6) is 0 Å². The van der Waals surface area contributed by atoms with Crippen molar-refractivity contribution in [3.63, 3.8) is 0 Å². The zero-order valence-corrected chi connectivity index (χ0v) is 11.2. The number of hydrogen-bond donors (Lipinski definition) is 1. The average Bonchev–Trinajstić information content (AvgIpc) is 2.38. The summed E-state index contributed by atoms with van der Waals surface area (Å²) in [6.07, 6.45) is 1.82. The number of halogens is 1. The molecule has 0 saturated carbocycles. The van der Waals surface area contributed by atoms with Crippen molar-refractivity contribution in [2.24, 2.45) is 5.73 Å². The fourth-order valence-corrected chi connectivity index (χ4v) is 2.18. The van der Waals surface area contributed by atoms with Crippen molar-refractivity contribution in [2.45, 2.75) is 25.8 Å². The third-order valence-electron chi connectivity index (χ3n) is 3.04. The first kappa shape index (κ1) is 14.9. The second-order valence-corrected chi connectivity index (χ2v) is 4.28. The lowest BCUT2D eigenvalue weighted by molar-refractivity contribution is 0.172. The second-order valence-electron chi connectivity index (χ2n) is 4.28. The van der Waals surface area contributed by atoms with Crippen LogP contribution >= 0.6 is 0 Å². The number of nitrogens with two attached hydrogens (primary N) is 1. The Morgan fingerprint density at radius 2 is 2.11 bits per heavy atom. The van der Waals surface area contributed by atoms with Gasteiger partial charge in [0.1, 0.15) is 5.82 Å². The summed E-state index contributed by atoms with van der Waals surface area (Å²) in [5, 5.41) is 0. The molecule has 1 rings (SSSR count). The molecular weight excluding hydrogens is 231 g/mol. The van der Waals surface area contributed by atoms with E-state index in [1.54, 1.807) is 13.2 Å². The van der Waals surface area contributed by atoms with E-state index in [0.717, 1.165) is 19.4 Å². The molecule has 0 radical (unpaired) electrons. The highest BCUT2D eigenvalue weighted by Crippen LogP contribution is 2.22. The van der Waals surface area contributed by atoms with Crippen molar-refractivity contribution in [2.75, 3.05) is 31.7 Å². The van der Waals surface area contributed by atoms with Gasteiger partial charge in [0.15, 0.2) is 0 Å². The number of ether oxygens (including phenoxy) is 1. The molecule has 0 aromatic heterocycles. The fraction of sp³-hybridized carbons (Fsp3) is 0.571. The van der Waals surface area contributed by atoms with Gasteiger partial charge < -0.3 is 15.4 Å². The maximum Gasteiger partial charge on any atom is 0.146 e. The van der Waals surface area contributed by atoms with Crippen molar-refractivity contribution in [3.05, 3.63) is 30.1 Å². The van der Waals surface area contributed by atoms with Gasteiger partial charge in [-0.25, -0.2) is 4.39 Å². The van der Waals surface area contributed by atoms with Crippen LogP contribution in [0.2, 0.25) is 0 Å². The molecule has 1 aromatic rings. The number of anilines is 1. The van der Waals surface area contributed by atoms with Crippen molar-refractivity contribution in [3.8, 4) is 0 Å². The lowest BCUT2D eigenvalue weighted by Crippen LogP contribution is -2.39. The summed E-state index contributed by atoms with van der Waals surface area (Å²) in [6.45, 7) is 4.01. The molecule has 18 heavy (non-hydrogen) atoms. The third kappa shape index (κ3) is 3.96. The number of nitrogens with zero attached hydrogens (tertiary/aromatic N) is 1. The van der Waals surface area contributed by atoms with E-state index in [1.807, 2.05) is 19.1 Å². The number of methoxy groups -OCH3 is 1. The number of benzene rings is 1. The minimum atomic E-state index is -0.187. The average molecular weight is 254 g/mol. The Balaban J connectivity index is 2.87. The summed E-state index contributed by atoms with van der Waals surface area (Å²) in [5.74, 6) is -0.187. The number of rotatable bonds is 8. The van der Waals surface area contributed by atoms with Crippen LogP contribution in [0, 0.1) is 5.82 Å². The molecule has 3 nitrogen and oxygen atoms in total. The van der Waals surface area contributed by atoms with Gasteiger partial charge >= 0.3 is 0 Å². The fourth-order valence-electron chi connectivity index (χ4n) is 2.18. The Kier molecular flexibility index (Phi) is 6.68. The Morgan fingerprint density at radius 3 is 2.67 bits per heavy atom. The van der Waals surface area contributed by atoms with E-state index in [-0.39, 0.29) is 11.9 Å². The monoisotopic (exact) mass is 254 g/mol. The maximum atomic E-state index is 13.8. The molecule has 0 aliphatic carbocycles. The lowest BCUT2D eigenvalue weighted by Gasteiger charge is -2.32. The molecule has 102 valence electrons. The first-order chi connectivity index (χ1) is 8.74. The van der Waals surface area contributed by atoms with Crippen LogP contribution in [0.3, 0.4) is 0 Å². The van der Waals surface area contributed by atoms with Crippen LogP contribution in [0.4, 0.5) is 10.1 Å².